The molecular formula is C20H15BrN4O. The monoisotopic (exact) mass is 406 g/mol. The van der Waals surface area contributed by atoms with Gasteiger partial charge in [0.2, 0.25) is 5.95 Å². The smallest absolute Gasteiger partial charge is 0.262 e. The molecule has 0 saturated carbocycles. The minimum Gasteiger partial charge on any atom is -0.326 e. The Kier molecular flexibility index (Phi) is 4.26. The molecule has 4 rings (SSSR count). The minimum atomic E-state index is -0.226. The van der Waals surface area contributed by atoms with E-state index in [1.54, 1.807) is 6.20 Å². The number of fused-ring (bicyclic) bond motifs is 1. The Morgan fingerprint density at radius 1 is 1.00 bits per heavy atom. The summed E-state index contributed by atoms with van der Waals surface area (Å²) in [4.78, 5) is 24.3. The van der Waals surface area contributed by atoms with Gasteiger partial charge in [0, 0.05) is 16.4 Å². The standard InChI is InChI=1S/C20H15BrN4O/c1-12-2-8-15(9-3-12)23-20-24-18-17(19(26)25-20)16(10-11-22-18)13-4-6-14(21)7-5-13/h2-11H,1H3,(H2,22,23,24,25,26). The Bertz CT molecular complexity index is 1140. The van der Waals surface area contributed by atoms with Crippen LogP contribution < -0.4 is 10.9 Å². The molecular weight excluding hydrogens is 392 g/mol. The van der Waals surface area contributed by atoms with Crippen molar-refractivity contribution in [3.8, 4) is 11.1 Å². The van der Waals surface area contributed by atoms with Crippen molar-refractivity contribution in [3.63, 3.8) is 0 Å². The lowest BCUT2D eigenvalue weighted by Crippen LogP contribution is -2.13. The maximum atomic E-state index is 12.7. The molecule has 0 fully saturated rings. The molecule has 0 bridgehead atoms. The van der Waals surface area contributed by atoms with Crippen molar-refractivity contribution in [2.75, 3.05) is 5.32 Å². The van der Waals surface area contributed by atoms with E-state index in [1.165, 1.54) is 0 Å². The van der Waals surface area contributed by atoms with Crippen molar-refractivity contribution in [1.82, 2.24) is 15.0 Å². The predicted octanol–water partition coefficient (Wildman–Crippen LogP) is 4.80. The molecule has 0 atom stereocenters. The van der Waals surface area contributed by atoms with E-state index in [4.69, 9.17) is 0 Å². The van der Waals surface area contributed by atoms with Crippen LogP contribution in [0, 0.1) is 6.92 Å². The fourth-order valence-electron chi connectivity index (χ4n) is 2.77. The molecule has 0 radical (unpaired) electrons. The third kappa shape index (κ3) is 3.23. The van der Waals surface area contributed by atoms with Gasteiger partial charge in [0.15, 0.2) is 5.65 Å². The van der Waals surface area contributed by atoms with E-state index in [0.29, 0.717) is 17.0 Å². The highest BCUT2D eigenvalue weighted by Crippen LogP contribution is 2.26. The molecule has 2 N–H and O–H groups in total. The zero-order valence-electron chi connectivity index (χ0n) is 14.0. The molecule has 0 aliphatic heterocycles. The lowest BCUT2D eigenvalue weighted by atomic mass is 10.0. The Morgan fingerprint density at radius 3 is 2.46 bits per heavy atom. The average Bonchev–Trinajstić information content (AvgIpc) is 2.64. The normalized spacial score (nSPS) is 10.8. The Balaban J connectivity index is 1.80. The third-order valence-electron chi connectivity index (χ3n) is 4.08. The van der Waals surface area contributed by atoms with Crippen molar-refractivity contribution in [2.45, 2.75) is 6.92 Å². The Labute approximate surface area is 158 Å². The lowest BCUT2D eigenvalue weighted by molar-refractivity contribution is 1.14. The zero-order chi connectivity index (χ0) is 18.1. The SMILES string of the molecule is Cc1ccc(Nc2nc3nccc(-c4ccc(Br)cc4)c3c(=O)[nH]2)cc1. The van der Waals surface area contributed by atoms with E-state index in [9.17, 15) is 4.79 Å². The quantitative estimate of drug-likeness (QED) is 0.512. The van der Waals surface area contributed by atoms with Gasteiger partial charge in [0.1, 0.15) is 0 Å². The van der Waals surface area contributed by atoms with Crippen LogP contribution in [0.4, 0.5) is 11.6 Å². The molecule has 0 aliphatic carbocycles. The summed E-state index contributed by atoms with van der Waals surface area (Å²) in [5, 5.41) is 3.59. The molecule has 0 saturated heterocycles. The number of aromatic nitrogens is 3. The van der Waals surface area contributed by atoms with E-state index in [-0.39, 0.29) is 5.56 Å². The van der Waals surface area contributed by atoms with Crippen LogP contribution in [0.25, 0.3) is 22.2 Å². The highest BCUT2D eigenvalue weighted by molar-refractivity contribution is 9.10. The molecule has 128 valence electrons. The summed E-state index contributed by atoms with van der Waals surface area (Å²) < 4.78 is 0.983. The van der Waals surface area contributed by atoms with Gasteiger partial charge in [-0.2, -0.15) is 4.98 Å². The maximum Gasteiger partial charge on any atom is 0.262 e. The summed E-state index contributed by atoms with van der Waals surface area (Å²) in [5.41, 5.74) is 3.93. The Morgan fingerprint density at radius 2 is 1.73 bits per heavy atom. The molecule has 5 nitrogen and oxygen atoms in total. The predicted molar refractivity (Wildman–Crippen MR) is 108 cm³/mol. The zero-order valence-corrected chi connectivity index (χ0v) is 15.5. The first-order valence-electron chi connectivity index (χ1n) is 8.09. The van der Waals surface area contributed by atoms with Crippen molar-refractivity contribution >= 4 is 38.6 Å². The van der Waals surface area contributed by atoms with Gasteiger partial charge in [-0.25, -0.2) is 4.98 Å². The van der Waals surface area contributed by atoms with E-state index >= 15 is 0 Å². The number of hydrogen-bond donors (Lipinski definition) is 2. The molecule has 2 aromatic carbocycles. The number of anilines is 2. The van der Waals surface area contributed by atoms with E-state index in [0.717, 1.165) is 26.9 Å². The van der Waals surface area contributed by atoms with E-state index in [2.05, 4.69) is 36.2 Å². The third-order valence-corrected chi connectivity index (χ3v) is 4.61. The number of benzene rings is 2. The van der Waals surface area contributed by atoms with Crippen LogP contribution in [0.15, 0.2) is 70.1 Å². The van der Waals surface area contributed by atoms with Gasteiger partial charge in [-0.1, -0.05) is 45.8 Å². The fourth-order valence-corrected chi connectivity index (χ4v) is 3.03. The van der Waals surface area contributed by atoms with Gasteiger partial charge in [-0.3, -0.25) is 9.78 Å². The van der Waals surface area contributed by atoms with E-state index in [1.807, 2.05) is 61.5 Å². The molecule has 26 heavy (non-hydrogen) atoms. The Hall–Kier alpha value is -2.99. The molecule has 4 aromatic rings. The van der Waals surface area contributed by atoms with Gasteiger partial charge < -0.3 is 5.32 Å². The highest BCUT2D eigenvalue weighted by Gasteiger charge is 2.11. The minimum absolute atomic E-state index is 0.226. The number of aromatic amines is 1. The maximum absolute atomic E-state index is 12.7. The largest absolute Gasteiger partial charge is 0.326 e. The summed E-state index contributed by atoms with van der Waals surface area (Å²) in [5.74, 6) is 0.367. The number of halogens is 1. The molecule has 0 unspecified atom stereocenters. The topological polar surface area (TPSA) is 70.7 Å². The van der Waals surface area contributed by atoms with Gasteiger partial charge in [-0.05, 0) is 48.4 Å². The number of nitrogens with zero attached hydrogens (tertiary/aromatic N) is 2. The number of aryl methyl sites for hydroxylation is 1. The van der Waals surface area contributed by atoms with Gasteiger partial charge in [-0.15, -0.1) is 0 Å². The number of nitrogens with one attached hydrogen (secondary N) is 2. The van der Waals surface area contributed by atoms with Crippen molar-refractivity contribution in [2.24, 2.45) is 0 Å². The summed E-state index contributed by atoms with van der Waals surface area (Å²) in [7, 11) is 0. The second-order valence-electron chi connectivity index (χ2n) is 5.97. The number of H-pyrrole nitrogens is 1. The fraction of sp³-hybridized carbons (Fsp3) is 0.0500. The summed E-state index contributed by atoms with van der Waals surface area (Å²) >= 11 is 3.43. The van der Waals surface area contributed by atoms with Gasteiger partial charge >= 0.3 is 0 Å². The van der Waals surface area contributed by atoms with Crippen molar-refractivity contribution < 1.29 is 0 Å². The van der Waals surface area contributed by atoms with Crippen LogP contribution in [0.2, 0.25) is 0 Å². The van der Waals surface area contributed by atoms with Crippen molar-refractivity contribution in [1.29, 1.82) is 0 Å². The second kappa shape index (κ2) is 6.72. The second-order valence-corrected chi connectivity index (χ2v) is 6.89. The highest BCUT2D eigenvalue weighted by atomic mass is 79.9. The first kappa shape index (κ1) is 16.5. The van der Waals surface area contributed by atoms with E-state index < -0.39 is 0 Å². The molecule has 2 aromatic heterocycles. The van der Waals surface area contributed by atoms with Gasteiger partial charge in [0.25, 0.3) is 5.56 Å². The molecule has 0 aliphatic rings. The first-order valence-corrected chi connectivity index (χ1v) is 8.88. The first-order chi connectivity index (χ1) is 12.6. The van der Waals surface area contributed by atoms with Gasteiger partial charge in [0.05, 0.1) is 5.39 Å². The van der Waals surface area contributed by atoms with Crippen LogP contribution in [-0.2, 0) is 0 Å². The van der Waals surface area contributed by atoms with Crippen LogP contribution >= 0.6 is 15.9 Å². The molecule has 6 heteroatoms. The molecule has 0 spiro atoms. The van der Waals surface area contributed by atoms with Crippen molar-refractivity contribution in [3.05, 3.63) is 81.2 Å². The summed E-state index contributed by atoms with van der Waals surface area (Å²) in [6.45, 7) is 2.02. The number of pyridine rings is 1. The summed E-state index contributed by atoms with van der Waals surface area (Å²) in [6, 6.07) is 17.5. The van der Waals surface area contributed by atoms with Crippen LogP contribution in [0.3, 0.4) is 0 Å². The lowest BCUT2D eigenvalue weighted by Gasteiger charge is -2.09. The van der Waals surface area contributed by atoms with Crippen LogP contribution in [0.1, 0.15) is 5.56 Å². The number of rotatable bonds is 3. The number of hydrogen-bond acceptors (Lipinski definition) is 4. The summed E-state index contributed by atoms with van der Waals surface area (Å²) in [6.07, 6.45) is 1.67. The van der Waals surface area contributed by atoms with Crippen LogP contribution in [0.5, 0.6) is 0 Å². The molecule has 2 heterocycles. The average molecular weight is 407 g/mol. The molecule has 0 amide bonds. The van der Waals surface area contributed by atoms with Crippen LogP contribution in [-0.4, -0.2) is 15.0 Å².